The Labute approximate surface area is 189 Å². The molecule has 1 fully saturated rings. The number of rotatable bonds is 6. The molecule has 0 spiro atoms. The van der Waals surface area contributed by atoms with Gasteiger partial charge in [0.15, 0.2) is 5.82 Å². The Kier molecular flexibility index (Phi) is 4.43. The van der Waals surface area contributed by atoms with Gasteiger partial charge in [-0.1, -0.05) is 18.2 Å². The molecule has 1 aliphatic carbocycles. The summed E-state index contributed by atoms with van der Waals surface area (Å²) in [7, 11) is 0. The van der Waals surface area contributed by atoms with Crippen LogP contribution in [0.25, 0.3) is 16.9 Å². The average molecular weight is 435 g/mol. The molecule has 0 aliphatic heterocycles. The van der Waals surface area contributed by atoms with Gasteiger partial charge in [0.2, 0.25) is 5.95 Å². The summed E-state index contributed by atoms with van der Waals surface area (Å²) >= 11 is 0. The lowest BCUT2D eigenvalue weighted by molar-refractivity contribution is 0.686. The smallest absolute Gasteiger partial charge is 0.215 e. The summed E-state index contributed by atoms with van der Waals surface area (Å²) in [6.45, 7) is 2.47. The number of aryl methyl sites for hydroxylation is 1. The van der Waals surface area contributed by atoms with E-state index in [1.807, 2.05) is 64.8 Å². The molecule has 0 saturated heterocycles. The predicted octanol–water partition coefficient (Wildman–Crippen LogP) is 4.17. The molecule has 0 amide bonds. The normalized spacial score (nSPS) is 13.3. The van der Waals surface area contributed by atoms with E-state index in [1.54, 1.807) is 6.20 Å². The van der Waals surface area contributed by atoms with Crippen LogP contribution in [0.4, 0.5) is 11.8 Å². The molecule has 4 aromatic heterocycles. The van der Waals surface area contributed by atoms with Crippen molar-refractivity contribution in [1.82, 2.24) is 34.3 Å². The van der Waals surface area contributed by atoms with E-state index >= 15 is 0 Å². The Morgan fingerprint density at radius 3 is 2.91 bits per heavy atom. The first-order valence-electron chi connectivity index (χ1n) is 10.9. The van der Waals surface area contributed by atoms with Gasteiger partial charge in [-0.3, -0.25) is 14.2 Å². The van der Waals surface area contributed by atoms with E-state index in [2.05, 4.69) is 31.7 Å². The zero-order valence-corrected chi connectivity index (χ0v) is 18.0. The number of nitriles is 1. The fourth-order valence-corrected chi connectivity index (χ4v) is 3.99. The largest absolute Gasteiger partial charge is 0.308 e. The third-order valence-corrected chi connectivity index (χ3v) is 5.83. The first kappa shape index (κ1) is 19.3. The van der Waals surface area contributed by atoms with Crippen molar-refractivity contribution in [2.24, 2.45) is 0 Å². The van der Waals surface area contributed by atoms with Gasteiger partial charge in [-0.2, -0.15) is 15.5 Å². The number of aromatic nitrogens is 7. The number of aromatic amines is 1. The molecule has 1 saturated carbocycles. The quantitative estimate of drug-likeness (QED) is 0.414. The Morgan fingerprint density at radius 1 is 1.18 bits per heavy atom. The maximum atomic E-state index is 9.36. The molecule has 1 aromatic carbocycles. The number of imidazole rings is 1. The van der Waals surface area contributed by atoms with Gasteiger partial charge >= 0.3 is 0 Å². The fourth-order valence-electron chi connectivity index (χ4n) is 3.99. The topological polar surface area (TPSA) is 113 Å². The molecule has 2 N–H and O–H groups in total. The van der Waals surface area contributed by atoms with Crippen LogP contribution in [0, 0.1) is 18.3 Å². The molecule has 33 heavy (non-hydrogen) atoms. The van der Waals surface area contributed by atoms with Crippen molar-refractivity contribution in [3.8, 4) is 17.3 Å². The maximum absolute atomic E-state index is 9.36. The van der Waals surface area contributed by atoms with Gasteiger partial charge in [0.1, 0.15) is 5.65 Å². The number of nitrogens with zero attached hydrogens (tertiary/aromatic N) is 7. The lowest BCUT2D eigenvalue weighted by atomic mass is 10.1. The van der Waals surface area contributed by atoms with Crippen LogP contribution in [0.15, 0.2) is 55.0 Å². The van der Waals surface area contributed by atoms with Gasteiger partial charge in [0.05, 0.1) is 35.8 Å². The molecular formula is C24H21N9. The number of hydrogen-bond donors (Lipinski definition) is 2. The highest BCUT2D eigenvalue weighted by Crippen LogP contribution is 2.39. The van der Waals surface area contributed by atoms with E-state index in [1.165, 1.54) is 12.8 Å². The van der Waals surface area contributed by atoms with Crippen molar-refractivity contribution < 1.29 is 0 Å². The van der Waals surface area contributed by atoms with Crippen molar-refractivity contribution >= 4 is 17.4 Å². The zero-order chi connectivity index (χ0) is 22.4. The standard InChI is InChI=1S/C24H21N9/c1-15-12-33-23(27-15)9-20(28-24(33)29-22-8-21(30-31-22)16-6-7-16)19-11-26-32(14-19)13-18-5-3-2-4-17(18)10-25/h2-5,8-9,11-12,14,16H,6-7,13H2,1H3,(H2,28,29,30,31). The number of fused-ring (bicyclic) bond motifs is 1. The highest BCUT2D eigenvalue weighted by Gasteiger charge is 2.25. The van der Waals surface area contributed by atoms with Crippen LogP contribution in [-0.2, 0) is 6.54 Å². The summed E-state index contributed by atoms with van der Waals surface area (Å²) in [6, 6.07) is 13.8. The van der Waals surface area contributed by atoms with Crippen molar-refractivity contribution in [1.29, 1.82) is 5.26 Å². The third kappa shape index (κ3) is 3.72. The summed E-state index contributed by atoms with van der Waals surface area (Å²) in [5.41, 5.74) is 6.06. The summed E-state index contributed by atoms with van der Waals surface area (Å²) in [4.78, 5) is 9.49. The molecule has 0 atom stereocenters. The molecule has 0 unspecified atom stereocenters. The number of benzene rings is 1. The zero-order valence-electron chi connectivity index (χ0n) is 18.0. The van der Waals surface area contributed by atoms with Crippen LogP contribution in [0.5, 0.6) is 0 Å². The van der Waals surface area contributed by atoms with Crippen molar-refractivity contribution in [2.45, 2.75) is 32.2 Å². The molecule has 9 heteroatoms. The van der Waals surface area contributed by atoms with Gasteiger partial charge in [0, 0.05) is 41.7 Å². The highest BCUT2D eigenvalue weighted by atomic mass is 15.3. The number of H-pyrrole nitrogens is 1. The molecule has 162 valence electrons. The molecule has 0 radical (unpaired) electrons. The van der Waals surface area contributed by atoms with E-state index in [-0.39, 0.29) is 0 Å². The molecule has 5 aromatic rings. The summed E-state index contributed by atoms with van der Waals surface area (Å²) in [6.07, 6.45) is 8.09. The second-order valence-corrected chi connectivity index (χ2v) is 8.38. The van der Waals surface area contributed by atoms with Crippen molar-refractivity contribution in [3.63, 3.8) is 0 Å². The molecule has 0 bridgehead atoms. The first-order valence-corrected chi connectivity index (χ1v) is 10.9. The van der Waals surface area contributed by atoms with E-state index in [9.17, 15) is 5.26 Å². The predicted molar refractivity (Wildman–Crippen MR) is 123 cm³/mol. The minimum atomic E-state index is 0.511. The minimum Gasteiger partial charge on any atom is -0.308 e. The van der Waals surface area contributed by atoms with Crippen LogP contribution in [0.1, 0.15) is 41.3 Å². The molecule has 6 rings (SSSR count). The second kappa shape index (κ2) is 7.60. The second-order valence-electron chi connectivity index (χ2n) is 8.38. The van der Waals surface area contributed by atoms with E-state index in [4.69, 9.17) is 4.98 Å². The number of hydrogen-bond acceptors (Lipinski definition) is 6. The molecular weight excluding hydrogens is 414 g/mol. The Balaban J connectivity index is 1.34. The average Bonchev–Trinajstić information content (AvgIpc) is 3.19. The SMILES string of the molecule is Cc1cn2c(Nc3cc(C4CC4)[nH]n3)nc(-c3cnn(Cc4ccccc4C#N)c3)cc2n1. The van der Waals surface area contributed by atoms with Gasteiger partial charge in [0.25, 0.3) is 0 Å². The monoisotopic (exact) mass is 435 g/mol. The molecule has 4 heterocycles. The van der Waals surface area contributed by atoms with Gasteiger partial charge in [-0.15, -0.1) is 0 Å². The number of nitrogens with one attached hydrogen (secondary N) is 2. The van der Waals surface area contributed by atoms with Crippen LogP contribution in [0.2, 0.25) is 0 Å². The van der Waals surface area contributed by atoms with Gasteiger partial charge < -0.3 is 5.32 Å². The summed E-state index contributed by atoms with van der Waals surface area (Å²) < 4.78 is 3.74. The van der Waals surface area contributed by atoms with Crippen molar-refractivity contribution in [3.05, 3.63) is 77.5 Å². The van der Waals surface area contributed by atoms with Gasteiger partial charge in [-0.25, -0.2) is 9.97 Å². The minimum absolute atomic E-state index is 0.511. The summed E-state index contributed by atoms with van der Waals surface area (Å²) in [5, 5.41) is 24.7. The van der Waals surface area contributed by atoms with Gasteiger partial charge in [-0.05, 0) is 31.4 Å². The lowest BCUT2D eigenvalue weighted by Crippen LogP contribution is -2.03. The van der Waals surface area contributed by atoms with Crippen LogP contribution >= 0.6 is 0 Å². The number of anilines is 2. The van der Waals surface area contributed by atoms with Crippen LogP contribution in [-0.4, -0.2) is 34.3 Å². The lowest BCUT2D eigenvalue weighted by Gasteiger charge is -2.08. The maximum Gasteiger partial charge on any atom is 0.215 e. The Bertz CT molecular complexity index is 1510. The van der Waals surface area contributed by atoms with E-state index < -0.39 is 0 Å². The first-order chi connectivity index (χ1) is 16.2. The molecule has 9 nitrogen and oxygen atoms in total. The highest BCUT2D eigenvalue weighted by molar-refractivity contribution is 5.66. The molecule has 1 aliphatic rings. The Hall–Kier alpha value is -4.45. The summed E-state index contributed by atoms with van der Waals surface area (Å²) in [5.74, 6) is 1.97. The Morgan fingerprint density at radius 2 is 2.06 bits per heavy atom. The fraction of sp³-hybridized carbons (Fsp3) is 0.208. The van der Waals surface area contributed by atoms with Crippen LogP contribution < -0.4 is 5.32 Å². The van der Waals surface area contributed by atoms with E-state index in [0.717, 1.165) is 39.7 Å². The van der Waals surface area contributed by atoms with Crippen molar-refractivity contribution in [2.75, 3.05) is 5.32 Å². The third-order valence-electron chi connectivity index (χ3n) is 5.83. The van der Waals surface area contributed by atoms with E-state index in [0.29, 0.717) is 24.0 Å². The van der Waals surface area contributed by atoms with Crippen LogP contribution in [0.3, 0.4) is 0 Å².